The molecule has 0 fully saturated rings. The Labute approximate surface area is 155 Å². The maximum absolute atomic E-state index is 12.1. The second kappa shape index (κ2) is 9.19. The highest BCUT2D eigenvalue weighted by Crippen LogP contribution is 2.21. The fourth-order valence-corrected chi connectivity index (χ4v) is 2.58. The minimum Gasteiger partial charge on any atom is -0.497 e. The van der Waals surface area contributed by atoms with E-state index in [-0.39, 0.29) is 24.9 Å². The van der Waals surface area contributed by atoms with Gasteiger partial charge in [0.25, 0.3) is 0 Å². The number of carbonyl (C=O) groups excluding carboxylic acids is 2. The number of nitrogens with zero attached hydrogens (tertiary/aromatic N) is 1. The van der Waals surface area contributed by atoms with E-state index >= 15 is 0 Å². The SMILES string of the molecule is COc1cccc(NC(=O)CN(C)CC(=O)Nc2ccccc2Br)c1. The van der Waals surface area contributed by atoms with Crippen molar-refractivity contribution in [2.24, 2.45) is 0 Å². The lowest BCUT2D eigenvalue weighted by molar-refractivity contribution is -0.119. The number of anilines is 2. The summed E-state index contributed by atoms with van der Waals surface area (Å²) >= 11 is 3.38. The third kappa shape index (κ3) is 6.21. The molecule has 0 aliphatic heterocycles. The van der Waals surface area contributed by atoms with E-state index < -0.39 is 0 Å². The van der Waals surface area contributed by atoms with E-state index in [2.05, 4.69) is 26.6 Å². The molecule has 0 unspecified atom stereocenters. The molecule has 0 aromatic heterocycles. The number of halogens is 1. The molecular formula is C18H20BrN3O3. The minimum atomic E-state index is -0.204. The molecule has 0 aliphatic rings. The third-order valence-corrected chi connectivity index (χ3v) is 4.02. The van der Waals surface area contributed by atoms with Crippen molar-refractivity contribution in [2.75, 3.05) is 37.9 Å². The van der Waals surface area contributed by atoms with Crippen molar-refractivity contribution in [3.8, 4) is 5.75 Å². The quantitative estimate of drug-likeness (QED) is 0.742. The Morgan fingerprint density at radius 3 is 2.40 bits per heavy atom. The number of carbonyl (C=O) groups is 2. The lowest BCUT2D eigenvalue weighted by atomic mass is 10.3. The van der Waals surface area contributed by atoms with E-state index in [4.69, 9.17) is 4.74 Å². The lowest BCUT2D eigenvalue weighted by Gasteiger charge is -2.16. The van der Waals surface area contributed by atoms with Crippen LogP contribution in [-0.2, 0) is 9.59 Å². The van der Waals surface area contributed by atoms with Gasteiger partial charge < -0.3 is 15.4 Å². The number of methoxy groups -OCH3 is 1. The van der Waals surface area contributed by atoms with Crippen molar-refractivity contribution in [1.82, 2.24) is 4.90 Å². The van der Waals surface area contributed by atoms with Gasteiger partial charge in [-0.05, 0) is 47.2 Å². The highest BCUT2D eigenvalue weighted by atomic mass is 79.9. The molecule has 0 aliphatic carbocycles. The van der Waals surface area contributed by atoms with Crippen molar-refractivity contribution >= 4 is 39.1 Å². The van der Waals surface area contributed by atoms with Crippen molar-refractivity contribution < 1.29 is 14.3 Å². The average Bonchev–Trinajstić information content (AvgIpc) is 2.56. The van der Waals surface area contributed by atoms with Gasteiger partial charge in [0.1, 0.15) is 5.75 Å². The second-order valence-electron chi connectivity index (χ2n) is 5.48. The molecule has 0 saturated carbocycles. The summed E-state index contributed by atoms with van der Waals surface area (Å²) < 4.78 is 5.93. The van der Waals surface area contributed by atoms with Gasteiger partial charge in [-0.25, -0.2) is 0 Å². The van der Waals surface area contributed by atoms with Gasteiger partial charge >= 0.3 is 0 Å². The Hall–Kier alpha value is -2.38. The summed E-state index contributed by atoms with van der Waals surface area (Å²) in [5.74, 6) is 0.270. The predicted octanol–water partition coefficient (Wildman–Crippen LogP) is 2.97. The van der Waals surface area contributed by atoms with Crippen LogP contribution in [0.15, 0.2) is 53.0 Å². The first-order chi connectivity index (χ1) is 12.0. The zero-order valence-electron chi connectivity index (χ0n) is 14.1. The normalized spacial score (nSPS) is 10.4. The van der Waals surface area contributed by atoms with Gasteiger partial charge in [0.2, 0.25) is 11.8 Å². The molecule has 0 bridgehead atoms. The zero-order valence-corrected chi connectivity index (χ0v) is 15.7. The smallest absolute Gasteiger partial charge is 0.238 e. The fourth-order valence-electron chi connectivity index (χ4n) is 2.20. The van der Waals surface area contributed by atoms with Crippen LogP contribution in [0.1, 0.15) is 0 Å². The largest absolute Gasteiger partial charge is 0.497 e. The van der Waals surface area contributed by atoms with Crippen molar-refractivity contribution in [1.29, 1.82) is 0 Å². The zero-order chi connectivity index (χ0) is 18.2. The van der Waals surface area contributed by atoms with Gasteiger partial charge in [0.05, 0.1) is 25.9 Å². The summed E-state index contributed by atoms with van der Waals surface area (Å²) in [6.45, 7) is 0.202. The summed E-state index contributed by atoms with van der Waals surface area (Å²) in [6.07, 6.45) is 0. The molecule has 6 nitrogen and oxygen atoms in total. The van der Waals surface area contributed by atoms with Crippen molar-refractivity contribution in [3.63, 3.8) is 0 Å². The monoisotopic (exact) mass is 405 g/mol. The number of benzene rings is 2. The van der Waals surface area contributed by atoms with Crippen LogP contribution in [0.3, 0.4) is 0 Å². The van der Waals surface area contributed by atoms with Crippen LogP contribution in [0, 0.1) is 0 Å². The summed E-state index contributed by atoms with van der Waals surface area (Å²) in [4.78, 5) is 25.8. The molecule has 2 N–H and O–H groups in total. The van der Waals surface area contributed by atoms with E-state index in [1.54, 1.807) is 49.4 Å². The van der Waals surface area contributed by atoms with Gasteiger partial charge in [0.15, 0.2) is 0 Å². The van der Waals surface area contributed by atoms with Crippen LogP contribution in [0.5, 0.6) is 5.75 Å². The number of rotatable bonds is 7. The molecule has 7 heteroatoms. The van der Waals surface area contributed by atoms with Gasteiger partial charge in [-0.3, -0.25) is 14.5 Å². The topological polar surface area (TPSA) is 70.7 Å². The number of ether oxygens (including phenoxy) is 1. The molecule has 2 aromatic carbocycles. The van der Waals surface area contributed by atoms with E-state index in [1.165, 1.54) is 0 Å². The van der Waals surface area contributed by atoms with Crippen molar-refractivity contribution in [3.05, 3.63) is 53.0 Å². The summed E-state index contributed by atoms with van der Waals surface area (Å²) in [6, 6.07) is 14.5. The molecule has 25 heavy (non-hydrogen) atoms. The maximum atomic E-state index is 12.1. The number of para-hydroxylation sites is 1. The Balaban J connectivity index is 1.82. The first-order valence-corrected chi connectivity index (χ1v) is 8.44. The molecule has 2 amide bonds. The fraction of sp³-hybridized carbons (Fsp3) is 0.222. The molecule has 2 aromatic rings. The molecule has 0 atom stereocenters. The summed E-state index contributed by atoms with van der Waals surface area (Å²) in [5, 5.41) is 5.58. The number of hydrogen-bond donors (Lipinski definition) is 2. The van der Waals surface area contributed by atoms with Gasteiger partial charge in [-0.15, -0.1) is 0 Å². The van der Waals surface area contributed by atoms with E-state index in [0.29, 0.717) is 17.1 Å². The molecule has 2 rings (SSSR count). The molecular weight excluding hydrogens is 386 g/mol. The molecule has 0 radical (unpaired) electrons. The highest BCUT2D eigenvalue weighted by Gasteiger charge is 2.12. The maximum Gasteiger partial charge on any atom is 0.238 e. The number of nitrogens with one attached hydrogen (secondary N) is 2. The first kappa shape index (κ1) is 19.0. The Morgan fingerprint density at radius 2 is 1.72 bits per heavy atom. The molecule has 0 heterocycles. The second-order valence-corrected chi connectivity index (χ2v) is 6.33. The first-order valence-electron chi connectivity index (χ1n) is 7.65. The lowest BCUT2D eigenvalue weighted by Crippen LogP contribution is -2.36. The Kier molecular flexibility index (Phi) is 6.97. The minimum absolute atomic E-state index is 0.0978. The standard InChI is InChI=1S/C18H20BrN3O3/c1-22(12-18(24)21-16-9-4-3-8-15(16)19)11-17(23)20-13-6-5-7-14(10-13)25-2/h3-10H,11-12H2,1-2H3,(H,20,23)(H,21,24). The van der Waals surface area contributed by atoms with Crippen molar-refractivity contribution in [2.45, 2.75) is 0 Å². The average molecular weight is 406 g/mol. The molecule has 0 spiro atoms. The number of amides is 2. The Bertz CT molecular complexity index is 752. The van der Waals surface area contributed by atoms with Gasteiger partial charge in [-0.1, -0.05) is 18.2 Å². The van der Waals surface area contributed by atoms with E-state index in [0.717, 1.165) is 4.47 Å². The predicted molar refractivity (Wildman–Crippen MR) is 102 cm³/mol. The van der Waals surface area contributed by atoms with Crippen LogP contribution < -0.4 is 15.4 Å². The highest BCUT2D eigenvalue weighted by molar-refractivity contribution is 9.10. The van der Waals surface area contributed by atoms with Crippen LogP contribution in [-0.4, -0.2) is 44.0 Å². The molecule has 132 valence electrons. The third-order valence-electron chi connectivity index (χ3n) is 3.33. The van der Waals surface area contributed by atoms with Gasteiger partial charge in [-0.2, -0.15) is 0 Å². The summed E-state index contributed by atoms with van der Waals surface area (Å²) in [7, 11) is 3.28. The number of likely N-dealkylation sites (N-methyl/N-ethyl adjacent to an activating group) is 1. The Morgan fingerprint density at radius 1 is 1.04 bits per heavy atom. The van der Waals surface area contributed by atoms with E-state index in [1.807, 2.05) is 18.2 Å². The number of hydrogen-bond acceptors (Lipinski definition) is 4. The molecule has 0 saturated heterocycles. The van der Waals surface area contributed by atoms with Crippen LogP contribution in [0.25, 0.3) is 0 Å². The van der Waals surface area contributed by atoms with Crippen LogP contribution in [0.4, 0.5) is 11.4 Å². The summed E-state index contributed by atoms with van der Waals surface area (Å²) in [5.41, 5.74) is 1.34. The van der Waals surface area contributed by atoms with E-state index in [9.17, 15) is 9.59 Å². The van der Waals surface area contributed by atoms with Crippen LogP contribution >= 0.6 is 15.9 Å². The van der Waals surface area contributed by atoms with Gasteiger partial charge in [0, 0.05) is 16.2 Å². The van der Waals surface area contributed by atoms with Crippen LogP contribution in [0.2, 0.25) is 0 Å².